The second-order valence-electron chi connectivity index (χ2n) is 2.34. The van der Waals surface area contributed by atoms with Crippen LogP contribution >= 0.6 is 22.6 Å². The molecule has 1 aromatic rings. The molecule has 0 saturated carbocycles. The van der Waals surface area contributed by atoms with Crippen molar-refractivity contribution in [3.63, 3.8) is 0 Å². The molecular weight excluding hydrogens is 283 g/mol. The van der Waals surface area contributed by atoms with Crippen molar-refractivity contribution in [2.24, 2.45) is 0 Å². The Kier molecular flexibility index (Phi) is 4.07. The minimum absolute atomic E-state index is 0.241. The van der Waals surface area contributed by atoms with Crippen LogP contribution in [0.4, 0.5) is 0 Å². The molecule has 13 heavy (non-hydrogen) atoms. The fourth-order valence-electron chi connectivity index (χ4n) is 0.809. The van der Waals surface area contributed by atoms with E-state index in [-0.39, 0.29) is 12.4 Å². The molecular formula is C8H9IN2O2. The lowest BCUT2D eigenvalue weighted by molar-refractivity contribution is -0.142. The molecule has 0 fully saturated rings. The summed E-state index contributed by atoms with van der Waals surface area (Å²) in [5.41, 5.74) is 0.777. The normalized spacial score (nSPS) is 9.69. The number of carbonyl (C=O) groups excluding carboxylic acids is 1. The van der Waals surface area contributed by atoms with Crippen molar-refractivity contribution >= 4 is 28.6 Å². The Balaban J connectivity index is 2.54. The van der Waals surface area contributed by atoms with Crippen LogP contribution in [0, 0.1) is 3.83 Å². The monoisotopic (exact) mass is 292 g/mol. The van der Waals surface area contributed by atoms with Crippen LogP contribution in [0.1, 0.15) is 12.5 Å². The molecule has 0 aliphatic rings. The number of aromatic nitrogens is 2. The van der Waals surface area contributed by atoms with Crippen LogP contribution in [-0.2, 0) is 16.0 Å². The summed E-state index contributed by atoms with van der Waals surface area (Å²) in [7, 11) is 0. The summed E-state index contributed by atoms with van der Waals surface area (Å²) >= 11 is 2.01. The molecule has 1 aromatic heterocycles. The Labute approximate surface area is 89.9 Å². The SMILES string of the molecule is CCOC(=O)Cc1cnc(I)nc1. The molecule has 5 heteroatoms. The van der Waals surface area contributed by atoms with Crippen LogP contribution in [0.3, 0.4) is 0 Å². The molecule has 70 valence electrons. The first-order valence-electron chi connectivity index (χ1n) is 3.84. The molecule has 1 rings (SSSR count). The maximum Gasteiger partial charge on any atom is 0.310 e. The molecule has 0 aliphatic carbocycles. The highest BCUT2D eigenvalue weighted by molar-refractivity contribution is 14.1. The van der Waals surface area contributed by atoms with Gasteiger partial charge in [-0.15, -0.1) is 0 Å². The summed E-state index contributed by atoms with van der Waals surface area (Å²) in [4.78, 5) is 18.9. The van der Waals surface area contributed by atoms with Gasteiger partial charge in [-0.05, 0) is 12.5 Å². The molecule has 1 heterocycles. The fraction of sp³-hybridized carbons (Fsp3) is 0.375. The average molecular weight is 292 g/mol. The lowest BCUT2D eigenvalue weighted by atomic mass is 10.2. The highest BCUT2D eigenvalue weighted by Gasteiger charge is 2.03. The molecule has 0 aromatic carbocycles. The first kappa shape index (κ1) is 10.4. The van der Waals surface area contributed by atoms with E-state index in [1.165, 1.54) is 0 Å². The topological polar surface area (TPSA) is 52.1 Å². The van der Waals surface area contributed by atoms with Gasteiger partial charge in [-0.2, -0.15) is 0 Å². The zero-order chi connectivity index (χ0) is 9.68. The van der Waals surface area contributed by atoms with Crippen molar-refractivity contribution in [1.29, 1.82) is 0 Å². The fourth-order valence-corrected chi connectivity index (χ4v) is 1.09. The van der Waals surface area contributed by atoms with E-state index in [1.54, 1.807) is 19.3 Å². The van der Waals surface area contributed by atoms with Crippen LogP contribution in [0.15, 0.2) is 12.4 Å². The first-order valence-corrected chi connectivity index (χ1v) is 4.92. The first-order chi connectivity index (χ1) is 6.22. The van der Waals surface area contributed by atoms with Crippen LogP contribution in [0.2, 0.25) is 0 Å². The third-order valence-electron chi connectivity index (χ3n) is 1.33. The second kappa shape index (κ2) is 5.11. The van der Waals surface area contributed by atoms with Gasteiger partial charge < -0.3 is 4.74 Å². The smallest absolute Gasteiger partial charge is 0.310 e. The molecule has 4 nitrogen and oxygen atoms in total. The van der Waals surface area contributed by atoms with E-state index in [9.17, 15) is 4.79 Å². The molecule has 0 atom stereocenters. The number of rotatable bonds is 3. The van der Waals surface area contributed by atoms with Gasteiger partial charge in [0.15, 0.2) is 3.83 Å². The number of nitrogens with zero attached hydrogens (tertiary/aromatic N) is 2. The van der Waals surface area contributed by atoms with Gasteiger partial charge in [-0.25, -0.2) is 9.97 Å². The van der Waals surface area contributed by atoms with Crippen LogP contribution in [0.5, 0.6) is 0 Å². The average Bonchev–Trinajstić information content (AvgIpc) is 2.09. The van der Waals surface area contributed by atoms with Crippen molar-refractivity contribution in [1.82, 2.24) is 9.97 Å². The number of halogens is 1. The van der Waals surface area contributed by atoms with E-state index in [1.807, 2.05) is 22.6 Å². The minimum Gasteiger partial charge on any atom is -0.466 e. The predicted molar refractivity (Wildman–Crippen MR) is 55.1 cm³/mol. The van der Waals surface area contributed by atoms with Gasteiger partial charge >= 0.3 is 5.97 Å². The summed E-state index contributed by atoms with van der Waals surface area (Å²) < 4.78 is 5.45. The third kappa shape index (κ3) is 3.67. The molecule has 0 spiro atoms. The van der Waals surface area contributed by atoms with E-state index < -0.39 is 0 Å². The van der Waals surface area contributed by atoms with Crippen LogP contribution in [0.25, 0.3) is 0 Å². The maximum atomic E-state index is 11.0. The number of hydrogen-bond acceptors (Lipinski definition) is 4. The molecule has 0 aliphatic heterocycles. The van der Waals surface area contributed by atoms with Gasteiger partial charge in [0.1, 0.15) is 0 Å². The molecule has 0 saturated heterocycles. The molecule has 0 amide bonds. The van der Waals surface area contributed by atoms with E-state index in [4.69, 9.17) is 4.74 Å². The summed E-state index contributed by atoms with van der Waals surface area (Å²) in [6, 6.07) is 0. The quantitative estimate of drug-likeness (QED) is 0.477. The Morgan fingerprint density at radius 1 is 1.54 bits per heavy atom. The Hall–Kier alpha value is -0.720. The van der Waals surface area contributed by atoms with E-state index in [2.05, 4.69) is 9.97 Å². The number of esters is 1. The van der Waals surface area contributed by atoms with E-state index >= 15 is 0 Å². The molecule has 0 radical (unpaired) electrons. The van der Waals surface area contributed by atoms with Crippen molar-refractivity contribution in [3.8, 4) is 0 Å². The molecule has 0 unspecified atom stereocenters. The maximum absolute atomic E-state index is 11.0. The highest BCUT2D eigenvalue weighted by atomic mass is 127. The predicted octanol–water partition coefficient (Wildman–Crippen LogP) is 1.19. The lowest BCUT2D eigenvalue weighted by Crippen LogP contribution is -2.08. The third-order valence-corrected chi connectivity index (χ3v) is 1.88. The van der Waals surface area contributed by atoms with Gasteiger partial charge in [0.25, 0.3) is 0 Å². The van der Waals surface area contributed by atoms with E-state index in [0.717, 1.165) is 5.56 Å². The summed E-state index contributed by atoms with van der Waals surface area (Å²) in [5.74, 6) is -0.243. The van der Waals surface area contributed by atoms with Gasteiger partial charge in [0, 0.05) is 35.0 Å². The minimum atomic E-state index is -0.243. The summed E-state index contributed by atoms with van der Waals surface area (Å²) in [6.07, 6.45) is 3.50. The molecule has 0 N–H and O–H groups in total. The summed E-state index contributed by atoms with van der Waals surface area (Å²) in [5, 5.41) is 0. The Bertz CT molecular complexity index is 287. The van der Waals surface area contributed by atoms with Crippen molar-refractivity contribution in [2.45, 2.75) is 13.3 Å². The largest absolute Gasteiger partial charge is 0.466 e. The zero-order valence-electron chi connectivity index (χ0n) is 7.16. The van der Waals surface area contributed by atoms with Crippen molar-refractivity contribution in [3.05, 3.63) is 21.8 Å². The standard InChI is InChI=1S/C8H9IN2O2/c1-2-13-7(12)3-6-4-10-8(9)11-5-6/h4-5H,2-3H2,1H3. The van der Waals surface area contributed by atoms with Crippen LogP contribution in [-0.4, -0.2) is 22.5 Å². The van der Waals surface area contributed by atoms with Gasteiger partial charge in [0.05, 0.1) is 13.0 Å². The number of carbonyl (C=O) groups is 1. The highest BCUT2D eigenvalue weighted by Crippen LogP contribution is 2.00. The number of ether oxygens (including phenoxy) is 1. The zero-order valence-corrected chi connectivity index (χ0v) is 9.32. The van der Waals surface area contributed by atoms with Crippen LogP contribution < -0.4 is 0 Å². The number of hydrogen-bond donors (Lipinski definition) is 0. The van der Waals surface area contributed by atoms with E-state index in [0.29, 0.717) is 10.4 Å². The lowest BCUT2D eigenvalue weighted by Gasteiger charge is -2.00. The Morgan fingerprint density at radius 2 is 2.15 bits per heavy atom. The Morgan fingerprint density at radius 3 is 2.69 bits per heavy atom. The van der Waals surface area contributed by atoms with Gasteiger partial charge in [-0.3, -0.25) is 4.79 Å². The van der Waals surface area contributed by atoms with Crippen molar-refractivity contribution in [2.75, 3.05) is 6.61 Å². The second-order valence-corrected chi connectivity index (χ2v) is 3.31. The van der Waals surface area contributed by atoms with Crippen molar-refractivity contribution < 1.29 is 9.53 Å². The molecule has 0 bridgehead atoms. The van der Waals surface area contributed by atoms with Gasteiger partial charge in [-0.1, -0.05) is 0 Å². The van der Waals surface area contributed by atoms with Gasteiger partial charge in [0.2, 0.25) is 0 Å². The summed E-state index contributed by atoms with van der Waals surface area (Å²) in [6.45, 7) is 2.19.